The number of piperidine rings is 1. The van der Waals surface area contributed by atoms with E-state index in [0.717, 1.165) is 13.1 Å². The lowest BCUT2D eigenvalue weighted by atomic mass is 10.3. The van der Waals surface area contributed by atoms with Crippen LogP contribution in [0.15, 0.2) is 0 Å². The summed E-state index contributed by atoms with van der Waals surface area (Å²) in [4.78, 5) is 11.2. The Morgan fingerprint density at radius 2 is 2.08 bits per heavy atom. The molecule has 0 amide bonds. The van der Waals surface area contributed by atoms with Crippen molar-refractivity contribution < 1.29 is 9.53 Å². The average molecular weight is 192 g/mol. The molecule has 1 saturated carbocycles. The maximum absolute atomic E-state index is 11.2. The third kappa shape index (κ3) is 1.43. The standard InChI is InChI=1S/C8H13NO2.ClH/c1-2-11-8(10)7-5-3-9-4-6(5)7;/h5-7,9H,2-4H2,1H3;1H/t5-,6+,7?;. The van der Waals surface area contributed by atoms with E-state index in [0.29, 0.717) is 18.4 Å². The van der Waals surface area contributed by atoms with Crippen molar-refractivity contribution in [1.29, 1.82) is 0 Å². The lowest BCUT2D eigenvalue weighted by Gasteiger charge is -2.03. The molecule has 0 radical (unpaired) electrons. The highest BCUT2D eigenvalue weighted by molar-refractivity contribution is 5.85. The Morgan fingerprint density at radius 3 is 2.58 bits per heavy atom. The first-order chi connectivity index (χ1) is 5.34. The summed E-state index contributed by atoms with van der Waals surface area (Å²) in [6, 6.07) is 0. The molecular weight excluding hydrogens is 178 g/mol. The molecule has 1 heterocycles. The SMILES string of the molecule is CCOC(=O)C1[C@H]2CNC[C@@H]12.Cl. The quantitative estimate of drug-likeness (QED) is 0.644. The van der Waals surface area contributed by atoms with E-state index in [4.69, 9.17) is 4.74 Å². The van der Waals surface area contributed by atoms with Crippen LogP contribution in [0.5, 0.6) is 0 Å². The van der Waals surface area contributed by atoms with Gasteiger partial charge in [0.25, 0.3) is 0 Å². The van der Waals surface area contributed by atoms with Crippen LogP contribution in [-0.4, -0.2) is 25.7 Å². The third-order valence-corrected chi connectivity index (χ3v) is 2.65. The largest absolute Gasteiger partial charge is 0.466 e. The molecule has 0 spiro atoms. The van der Waals surface area contributed by atoms with Crippen LogP contribution < -0.4 is 5.32 Å². The van der Waals surface area contributed by atoms with Crippen LogP contribution in [0.3, 0.4) is 0 Å². The van der Waals surface area contributed by atoms with E-state index in [9.17, 15) is 4.79 Å². The van der Waals surface area contributed by atoms with Gasteiger partial charge in [0.2, 0.25) is 0 Å². The molecule has 1 aliphatic carbocycles. The summed E-state index contributed by atoms with van der Waals surface area (Å²) >= 11 is 0. The minimum Gasteiger partial charge on any atom is -0.466 e. The van der Waals surface area contributed by atoms with Gasteiger partial charge < -0.3 is 10.1 Å². The fourth-order valence-electron chi connectivity index (χ4n) is 2.01. The number of ether oxygens (including phenoxy) is 1. The number of carbonyl (C=O) groups is 1. The summed E-state index contributed by atoms with van der Waals surface area (Å²) in [6.45, 7) is 4.39. The Hall–Kier alpha value is -0.280. The molecule has 0 aromatic carbocycles. The van der Waals surface area contributed by atoms with Crippen molar-refractivity contribution in [2.45, 2.75) is 6.92 Å². The molecule has 4 heteroatoms. The predicted octanol–water partition coefficient (Wildman–Crippen LogP) is 0.437. The van der Waals surface area contributed by atoms with Gasteiger partial charge in [-0.05, 0) is 31.8 Å². The van der Waals surface area contributed by atoms with E-state index in [-0.39, 0.29) is 24.3 Å². The second kappa shape index (κ2) is 3.62. The molecule has 1 N–H and O–H groups in total. The van der Waals surface area contributed by atoms with Crippen LogP contribution >= 0.6 is 12.4 Å². The molecule has 1 aliphatic heterocycles. The molecule has 12 heavy (non-hydrogen) atoms. The Kier molecular flexibility index (Phi) is 2.96. The van der Waals surface area contributed by atoms with E-state index >= 15 is 0 Å². The van der Waals surface area contributed by atoms with Crippen molar-refractivity contribution in [1.82, 2.24) is 5.32 Å². The van der Waals surface area contributed by atoms with Crippen LogP contribution in [0.1, 0.15) is 6.92 Å². The zero-order valence-corrected chi connectivity index (χ0v) is 7.89. The molecule has 3 atom stereocenters. The Balaban J connectivity index is 0.000000720. The molecule has 2 fully saturated rings. The minimum atomic E-state index is 0. The Labute approximate surface area is 78.3 Å². The molecule has 1 saturated heterocycles. The van der Waals surface area contributed by atoms with Gasteiger partial charge in [0, 0.05) is 0 Å². The van der Waals surface area contributed by atoms with Crippen molar-refractivity contribution in [2.75, 3.05) is 19.7 Å². The minimum absolute atomic E-state index is 0. The van der Waals surface area contributed by atoms with Gasteiger partial charge in [0.1, 0.15) is 0 Å². The molecule has 1 unspecified atom stereocenters. The van der Waals surface area contributed by atoms with Gasteiger partial charge in [-0.15, -0.1) is 12.4 Å². The topological polar surface area (TPSA) is 38.3 Å². The number of hydrogen-bond donors (Lipinski definition) is 1. The number of hydrogen-bond acceptors (Lipinski definition) is 3. The molecule has 0 bridgehead atoms. The van der Waals surface area contributed by atoms with E-state index in [1.54, 1.807) is 0 Å². The second-order valence-corrected chi connectivity index (χ2v) is 3.26. The molecule has 2 rings (SSSR count). The zero-order chi connectivity index (χ0) is 7.84. The van der Waals surface area contributed by atoms with Gasteiger partial charge >= 0.3 is 5.97 Å². The Bertz CT molecular complexity index is 176. The first-order valence-electron chi connectivity index (χ1n) is 4.22. The first-order valence-corrected chi connectivity index (χ1v) is 4.22. The fourth-order valence-corrected chi connectivity index (χ4v) is 2.01. The molecule has 0 aromatic rings. The summed E-state index contributed by atoms with van der Waals surface area (Å²) in [5, 5.41) is 3.24. The van der Waals surface area contributed by atoms with Gasteiger partial charge in [0.15, 0.2) is 0 Å². The lowest BCUT2D eigenvalue weighted by molar-refractivity contribution is -0.145. The van der Waals surface area contributed by atoms with E-state index in [1.807, 2.05) is 6.92 Å². The summed E-state index contributed by atoms with van der Waals surface area (Å²) in [6.07, 6.45) is 0. The zero-order valence-electron chi connectivity index (χ0n) is 7.08. The fraction of sp³-hybridized carbons (Fsp3) is 0.875. The highest BCUT2D eigenvalue weighted by Gasteiger charge is 2.57. The molecule has 2 aliphatic rings. The summed E-state index contributed by atoms with van der Waals surface area (Å²) < 4.78 is 4.94. The van der Waals surface area contributed by atoms with Crippen molar-refractivity contribution in [2.24, 2.45) is 17.8 Å². The number of fused-ring (bicyclic) bond motifs is 1. The number of rotatable bonds is 2. The van der Waals surface area contributed by atoms with E-state index in [1.165, 1.54) is 0 Å². The third-order valence-electron chi connectivity index (χ3n) is 2.65. The summed E-state index contributed by atoms with van der Waals surface area (Å²) in [5.74, 6) is 1.43. The lowest BCUT2D eigenvalue weighted by Crippen LogP contribution is -2.20. The normalized spacial score (nSPS) is 36.6. The van der Waals surface area contributed by atoms with Crippen LogP contribution in [0.4, 0.5) is 0 Å². The van der Waals surface area contributed by atoms with Gasteiger partial charge in [-0.2, -0.15) is 0 Å². The molecule has 0 aromatic heterocycles. The van der Waals surface area contributed by atoms with Crippen molar-refractivity contribution in [3.63, 3.8) is 0 Å². The van der Waals surface area contributed by atoms with Gasteiger partial charge in [-0.25, -0.2) is 0 Å². The predicted molar refractivity (Wildman–Crippen MR) is 47.2 cm³/mol. The highest BCUT2D eigenvalue weighted by Crippen LogP contribution is 2.49. The first kappa shape index (κ1) is 9.81. The van der Waals surface area contributed by atoms with Gasteiger partial charge in [0.05, 0.1) is 12.5 Å². The smallest absolute Gasteiger partial charge is 0.309 e. The highest BCUT2D eigenvalue weighted by atomic mass is 35.5. The maximum atomic E-state index is 11.2. The van der Waals surface area contributed by atoms with Crippen molar-refractivity contribution in [3.8, 4) is 0 Å². The van der Waals surface area contributed by atoms with Crippen LogP contribution in [0.25, 0.3) is 0 Å². The molecule has 70 valence electrons. The van der Waals surface area contributed by atoms with Crippen LogP contribution in [0.2, 0.25) is 0 Å². The van der Waals surface area contributed by atoms with Gasteiger partial charge in [-0.1, -0.05) is 0 Å². The summed E-state index contributed by atoms with van der Waals surface area (Å²) in [5.41, 5.74) is 0. The van der Waals surface area contributed by atoms with E-state index in [2.05, 4.69) is 5.32 Å². The van der Waals surface area contributed by atoms with Gasteiger partial charge in [-0.3, -0.25) is 4.79 Å². The number of carbonyl (C=O) groups excluding carboxylic acids is 1. The van der Waals surface area contributed by atoms with Crippen molar-refractivity contribution >= 4 is 18.4 Å². The number of esters is 1. The number of halogens is 1. The second-order valence-electron chi connectivity index (χ2n) is 3.26. The maximum Gasteiger partial charge on any atom is 0.309 e. The average Bonchev–Trinajstić information content (AvgIpc) is 2.47. The molecular formula is C8H14ClNO2. The van der Waals surface area contributed by atoms with E-state index < -0.39 is 0 Å². The monoisotopic (exact) mass is 191 g/mol. The van der Waals surface area contributed by atoms with Crippen molar-refractivity contribution in [3.05, 3.63) is 0 Å². The van der Waals surface area contributed by atoms with Crippen LogP contribution in [-0.2, 0) is 9.53 Å². The number of nitrogens with one attached hydrogen (secondary N) is 1. The van der Waals surface area contributed by atoms with Crippen LogP contribution in [0, 0.1) is 17.8 Å². The summed E-state index contributed by atoms with van der Waals surface area (Å²) in [7, 11) is 0. The Morgan fingerprint density at radius 1 is 1.50 bits per heavy atom. The molecule has 3 nitrogen and oxygen atoms in total.